The van der Waals surface area contributed by atoms with Crippen LogP contribution in [-0.2, 0) is 19.4 Å². The van der Waals surface area contributed by atoms with E-state index in [0.29, 0.717) is 11.4 Å². The summed E-state index contributed by atoms with van der Waals surface area (Å²) in [5.74, 6) is -1.11. The standard InChI is InChI=1S/C13H17ClN2O5S/c1-8(21-13(18)11-5-9(14)6-15-11)12(17)16(2)10-3-4-22(19,20)7-10/h5-6,8,10,15H,3-4,7H2,1-2H3/t8-,10-/m1/s1. The monoisotopic (exact) mass is 348 g/mol. The van der Waals surface area contributed by atoms with Gasteiger partial charge < -0.3 is 14.6 Å². The summed E-state index contributed by atoms with van der Waals surface area (Å²) in [6, 6.07) is 1.02. The molecule has 2 rings (SSSR count). The highest BCUT2D eigenvalue weighted by atomic mass is 35.5. The first-order valence-electron chi connectivity index (χ1n) is 6.71. The number of rotatable bonds is 4. The predicted molar refractivity (Wildman–Crippen MR) is 80.5 cm³/mol. The van der Waals surface area contributed by atoms with E-state index in [2.05, 4.69) is 4.98 Å². The number of sulfone groups is 1. The molecule has 1 saturated heterocycles. The topological polar surface area (TPSA) is 96.5 Å². The van der Waals surface area contributed by atoms with Gasteiger partial charge in [0.2, 0.25) is 0 Å². The highest BCUT2D eigenvalue weighted by molar-refractivity contribution is 7.91. The number of halogens is 1. The maximum Gasteiger partial charge on any atom is 0.355 e. The molecular weight excluding hydrogens is 332 g/mol. The third-order valence-corrected chi connectivity index (χ3v) is 5.57. The Kier molecular flexibility index (Phi) is 4.81. The van der Waals surface area contributed by atoms with E-state index >= 15 is 0 Å². The van der Waals surface area contributed by atoms with Gasteiger partial charge in [0.25, 0.3) is 5.91 Å². The number of nitrogens with one attached hydrogen (secondary N) is 1. The maximum absolute atomic E-state index is 12.2. The second-order valence-corrected chi connectivity index (χ2v) is 7.95. The van der Waals surface area contributed by atoms with Crippen LogP contribution in [0.5, 0.6) is 0 Å². The van der Waals surface area contributed by atoms with Gasteiger partial charge in [-0.15, -0.1) is 0 Å². The van der Waals surface area contributed by atoms with E-state index in [1.807, 2.05) is 0 Å². The van der Waals surface area contributed by atoms with Crippen LogP contribution in [-0.4, -0.2) is 60.9 Å². The number of aromatic nitrogens is 1. The second-order valence-electron chi connectivity index (χ2n) is 5.29. The minimum atomic E-state index is -3.08. The fraction of sp³-hybridized carbons (Fsp3) is 0.538. The Hall–Kier alpha value is -1.54. The number of hydrogen-bond donors (Lipinski definition) is 1. The van der Waals surface area contributed by atoms with E-state index in [-0.39, 0.29) is 23.2 Å². The van der Waals surface area contributed by atoms with Crippen molar-refractivity contribution in [2.24, 2.45) is 0 Å². The van der Waals surface area contributed by atoms with Crippen LogP contribution >= 0.6 is 11.6 Å². The first-order valence-corrected chi connectivity index (χ1v) is 8.91. The van der Waals surface area contributed by atoms with Crippen molar-refractivity contribution < 1.29 is 22.7 Å². The van der Waals surface area contributed by atoms with Crippen LogP contribution < -0.4 is 0 Å². The van der Waals surface area contributed by atoms with Crippen LogP contribution in [0.25, 0.3) is 0 Å². The molecule has 0 radical (unpaired) electrons. The van der Waals surface area contributed by atoms with E-state index in [0.717, 1.165) is 0 Å². The zero-order valence-electron chi connectivity index (χ0n) is 12.2. The Morgan fingerprint density at radius 1 is 1.50 bits per heavy atom. The van der Waals surface area contributed by atoms with E-state index < -0.39 is 27.8 Å². The number of aromatic amines is 1. The Morgan fingerprint density at radius 2 is 2.18 bits per heavy atom. The van der Waals surface area contributed by atoms with Gasteiger partial charge in [0.05, 0.1) is 16.5 Å². The Morgan fingerprint density at radius 3 is 2.68 bits per heavy atom. The van der Waals surface area contributed by atoms with Gasteiger partial charge in [0.1, 0.15) is 5.69 Å². The molecule has 7 nitrogen and oxygen atoms in total. The molecule has 0 saturated carbocycles. The lowest BCUT2D eigenvalue weighted by molar-refractivity contribution is -0.140. The molecule has 0 aromatic carbocycles. The minimum Gasteiger partial charge on any atom is -0.448 e. The van der Waals surface area contributed by atoms with Crippen molar-refractivity contribution in [3.05, 3.63) is 23.0 Å². The fourth-order valence-corrected chi connectivity index (χ4v) is 4.25. The highest BCUT2D eigenvalue weighted by Crippen LogP contribution is 2.18. The molecule has 1 fully saturated rings. The summed E-state index contributed by atoms with van der Waals surface area (Å²) in [5, 5.41) is 0.360. The van der Waals surface area contributed by atoms with Crippen molar-refractivity contribution in [2.75, 3.05) is 18.6 Å². The number of carbonyl (C=O) groups is 2. The minimum absolute atomic E-state index is 0.0534. The number of H-pyrrole nitrogens is 1. The third-order valence-electron chi connectivity index (χ3n) is 3.60. The van der Waals surface area contributed by atoms with Gasteiger partial charge in [0, 0.05) is 19.3 Å². The number of carbonyl (C=O) groups excluding carboxylic acids is 2. The molecule has 9 heteroatoms. The van der Waals surface area contributed by atoms with Crippen molar-refractivity contribution in [1.82, 2.24) is 9.88 Å². The van der Waals surface area contributed by atoms with Gasteiger partial charge in [-0.2, -0.15) is 0 Å². The van der Waals surface area contributed by atoms with Gasteiger partial charge in [-0.1, -0.05) is 11.6 Å². The summed E-state index contributed by atoms with van der Waals surface area (Å²) in [6.07, 6.45) is 0.820. The summed E-state index contributed by atoms with van der Waals surface area (Å²) < 4.78 is 28.0. The number of likely N-dealkylation sites (N-methyl/N-ethyl adjacent to an activating group) is 1. The van der Waals surface area contributed by atoms with E-state index in [4.69, 9.17) is 16.3 Å². The molecule has 1 aliphatic heterocycles. The van der Waals surface area contributed by atoms with Gasteiger partial charge in [-0.3, -0.25) is 4.79 Å². The van der Waals surface area contributed by atoms with Crippen molar-refractivity contribution in [1.29, 1.82) is 0 Å². The molecule has 1 aliphatic rings. The lowest BCUT2D eigenvalue weighted by Gasteiger charge is -2.26. The number of amides is 1. The van der Waals surface area contributed by atoms with Gasteiger partial charge in [-0.05, 0) is 19.4 Å². The lowest BCUT2D eigenvalue weighted by Crippen LogP contribution is -2.44. The highest BCUT2D eigenvalue weighted by Gasteiger charge is 2.35. The molecule has 1 aromatic heterocycles. The van der Waals surface area contributed by atoms with Crippen LogP contribution in [0.4, 0.5) is 0 Å². The van der Waals surface area contributed by atoms with E-state index in [9.17, 15) is 18.0 Å². The number of nitrogens with zero attached hydrogens (tertiary/aromatic N) is 1. The average Bonchev–Trinajstić information content (AvgIpc) is 3.02. The summed E-state index contributed by atoms with van der Waals surface area (Å²) in [7, 11) is -1.57. The summed E-state index contributed by atoms with van der Waals surface area (Å²) in [4.78, 5) is 28.0. The lowest BCUT2D eigenvalue weighted by atomic mass is 10.2. The molecule has 1 N–H and O–H groups in total. The average molecular weight is 349 g/mol. The van der Waals surface area contributed by atoms with Gasteiger partial charge >= 0.3 is 5.97 Å². The van der Waals surface area contributed by atoms with Crippen LogP contribution in [0, 0.1) is 0 Å². The first-order chi connectivity index (χ1) is 10.2. The molecule has 1 amide bonds. The quantitative estimate of drug-likeness (QED) is 0.814. The predicted octanol–water partition coefficient (Wildman–Crippen LogP) is 0.859. The normalized spacial score (nSPS) is 21.3. The van der Waals surface area contributed by atoms with Crippen LogP contribution in [0.15, 0.2) is 12.3 Å². The summed E-state index contributed by atoms with van der Waals surface area (Å²) >= 11 is 5.70. The molecule has 22 heavy (non-hydrogen) atoms. The molecule has 0 spiro atoms. The van der Waals surface area contributed by atoms with Crippen LogP contribution in [0.2, 0.25) is 5.02 Å². The molecule has 2 heterocycles. The SMILES string of the molecule is C[C@@H](OC(=O)c1cc(Cl)c[nH]1)C(=O)N(C)[C@@H]1CCS(=O)(=O)C1. The second kappa shape index (κ2) is 6.29. The summed E-state index contributed by atoms with van der Waals surface area (Å²) in [6.45, 7) is 1.45. The first kappa shape index (κ1) is 16.8. The zero-order chi connectivity index (χ0) is 16.5. The fourth-order valence-electron chi connectivity index (χ4n) is 2.31. The Balaban J connectivity index is 1.95. The van der Waals surface area contributed by atoms with Gasteiger partial charge in [0.15, 0.2) is 15.9 Å². The van der Waals surface area contributed by atoms with Crippen LogP contribution in [0.1, 0.15) is 23.8 Å². The molecule has 0 unspecified atom stereocenters. The maximum atomic E-state index is 12.2. The molecule has 122 valence electrons. The Labute approximate surface area is 133 Å². The third kappa shape index (κ3) is 3.80. The van der Waals surface area contributed by atoms with Crippen molar-refractivity contribution in [3.63, 3.8) is 0 Å². The summed E-state index contributed by atoms with van der Waals surface area (Å²) in [5.41, 5.74) is 0.149. The molecule has 1 aromatic rings. The Bertz CT molecular complexity index is 684. The molecule has 0 bridgehead atoms. The smallest absolute Gasteiger partial charge is 0.355 e. The van der Waals surface area contributed by atoms with E-state index in [1.165, 1.54) is 31.1 Å². The zero-order valence-corrected chi connectivity index (χ0v) is 13.8. The number of hydrogen-bond acceptors (Lipinski definition) is 5. The van der Waals surface area contributed by atoms with Crippen LogP contribution in [0.3, 0.4) is 0 Å². The largest absolute Gasteiger partial charge is 0.448 e. The number of ether oxygens (including phenoxy) is 1. The van der Waals surface area contributed by atoms with Gasteiger partial charge in [-0.25, -0.2) is 13.2 Å². The molecule has 0 aliphatic carbocycles. The van der Waals surface area contributed by atoms with Crippen molar-refractivity contribution in [3.8, 4) is 0 Å². The number of esters is 1. The molecular formula is C13H17ClN2O5S. The molecule has 2 atom stereocenters. The van der Waals surface area contributed by atoms with Crippen molar-refractivity contribution >= 4 is 33.3 Å². The van der Waals surface area contributed by atoms with E-state index in [1.54, 1.807) is 0 Å². The van der Waals surface area contributed by atoms with Crippen molar-refractivity contribution in [2.45, 2.75) is 25.5 Å².